The molecule has 1 aromatic carbocycles. The first-order chi connectivity index (χ1) is 12.9. The SMILES string of the molecule is C=Cc1cc(Nc2ncc(C(=O)Nc3c(C)ccc(O)c3C)s2)nn1C=C. The summed E-state index contributed by atoms with van der Waals surface area (Å²) in [6.07, 6.45) is 4.73. The molecule has 7 nitrogen and oxygen atoms in total. The Hall–Kier alpha value is -3.39. The van der Waals surface area contributed by atoms with Crippen LogP contribution in [0.5, 0.6) is 5.75 Å². The van der Waals surface area contributed by atoms with Gasteiger partial charge in [0.05, 0.1) is 17.6 Å². The quantitative estimate of drug-likeness (QED) is 0.588. The summed E-state index contributed by atoms with van der Waals surface area (Å²) >= 11 is 1.20. The van der Waals surface area contributed by atoms with Crippen molar-refractivity contribution in [3.63, 3.8) is 0 Å². The number of nitrogens with zero attached hydrogens (tertiary/aromatic N) is 3. The number of carbonyl (C=O) groups excluding carboxylic acids is 1. The number of rotatable bonds is 6. The molecule has 0 aliphatic rings. The van der Waals surface area contributed by atoms with Crippen LogP contribution in [0.1, 0.15) is 26.5 Å². The Balaban J connectivity index is 1.77. The number of phenolic OH excluding ortho intramolecular Hbond substituents is 1. The second kappa shape index (κ2) is 7.46. The van der Waals surface area contributed by atoms with Crippen LogP contribution in [-0.4, -0.2) is 25.8 Å². The predicted octanol–water partition coefficient (Wildman–Crippen LogP) is 4.40. The van der Waals surface area contributed by atoms with Gasteiger partial charge in [-0.25, -0.2) is 9.67 Å². The fourth-order valence-electron chi connectivity index (χ4n) is 2.52. The van der Waals surface area contributed by atoms with E-state index in [0.29, 0.717) is 27.1 Å². The molecule has 0 spiro atoms. The Bertz CT molecular complexity index is 1010. The standard InChI is InChI=1S/C19H19N5O2S/c1-5-13-9-16(23-24(13)6-2)21-19-20-10-15(27-19)18(26)22-17-11(3)7-8-14(25)12(17)4/h5-10,25H,1-2H2,3-4H3,(H,22,26)(H,20,21,23). The zero-order chi connectivity index (χ0) is 19.6. The number of aryl methyl sites for hydroxylation is 1. The van der Waals surface area contributed by atoms with Crippen molar-refractivity contribution < 1.29 is 9.90 Å². The van der Waals surface area contributed by atoms with Crippen molar-refractivity contribution in [3.05, 3.63) is 59.3 Å². The van der Waals surface area contributed by atoms with Crippen LogP contribution in [0.25, 0.3) is 12.3 Å². The van der Waals surface area contributed by atoms with Gasteiger partial charge in [-0.3, -0.25) is 4.79 Å². The van der Waals surface area contributed by atoms with E-state index in [1.54, 1.807) is 42.1 Å². The molecule has 3 aromatic rings. The van der Waals surface area contributed by atoms with Crippen LogP contribution >= 0.6 is 11.3 Å². The van der Waals surface area contributed by atoms with Gasteiger partial charge in [0.25, 0.3) is 5.91 Å². The highest BCUT2D eigenvalue weighted by Crippen LogP contribution is 2.29. The summed E-state index contributed by atoms with van der Waals surface area (Å²) in [5, 5.41) is 20.6. The van der Waals surface area contributed by atoms with Crippen molar-refractivity contribution in [3.8, 4) is 5.75 Å². The van der Waals surface area contributed by atoms with Gasteiger partial charge in [-0.1, -0.05) is 30.6 Å². The van der Waals surface area contributed by atoms with Gasteiger partial charge in [-0.05, 0) is 31.6 Å². The van der Waals surface area contributed by atoms with E-state index in [0.717, 1.165) is 11.3 Å². The molecule has 2 aromatic heterocycles. The average molecular weight is 381 g/mol. The van der Waals surface area contributed by atoms with E-state index in [2.05, 4.69) is 33.9 Å². The third kappa shape index (κ3) is 3.75. The summed E-state index contributed by atoms with van der Waals surface area (Å²) in [6.45, 7) is 11.0. The molecule has 27 heavy (non-hydrogen) atoms. The number of anilines is 3. The second-order valence-corrected chi connectivity index (χ2v) is 6.83. The first-order valence-electron chi connectivity index (χ1n) is 8.11. The van der Waals surface area contributed by atoms with Crippen molar-refractivity contribution in [2.75, 3.05) is 10.6 Å². The highest BCUT2D eigenvalue weighted by atomic mass is 32.1. The van der Waals surface area contributed by atoms with E-state index in [1.807, 2.05) is 6.92 Å². The Labute approximate surface area is 160 Å². The monoisotopic (exact) mass is 381 g/mol. The average Bonchev–Trinajstić information content (AvgIpc) is 3.28. The van der Waals surface area contributed by atoms with Crippen molar-refractivity contribution >= 4 is 46.2 Å². The number of hydrogen-bond donors (Lipinski definition) is 3. The van der Waals surface area contributed by atoms with Crippen molar-refractivity contribution in [1.82, 2.24) is 14.8 Å². The molecule has 0 atom stereocenters. The highest BCUT2D eigenvalue weighted by molar-refractivity contribution is 7.17. The number of phenols is 1. The molecular formula is C19H19N5O2S. The van der Waals surface area contributed by atoms with Crippen LogP contribution in [0.15, 0.2) is 37.6 Å². The minimum absolute atomic E-state index is 0.137. The fraction of sp³-hybridized carbons (Fsp3) is 0.105. The predicted molar refractivity (Wildman–Crippen MR) is 110 cm³/mol. The number of hydrogen-bond acceptors (Lipinski definition) is 6. The van der Waals surface area contributed by atoms with Crippen molar-refractivity contribution in [2.24, 2.45) is 0 Å². The van der Waals surface area contributed by atoms with Gasteiger partial charge in [-0.2, -0.15) is 5.10 Å². The molecule has 0 bridgehead atoms. The molecule has 3 N–H and O–H groups in total. The molecule has 0 aliphatic carbocycles. The molecule has 0 saturated carbocycles. The minimum Gasteiger partial charge on any atom is -0.508 e. The van der Waals surface area contributed by atoms with Gasteiger partial charge in [0.2, 0.25) is 0 Å². The summed E-state index contributed by atoms with van der Waals surface area (Å²) < 4.78 is 1.59. The van der Waals surface area contributed by atoms with E-state index in [-0.39, 0.29) is 11.7 Å². The molecule has 1 amide bonds. The van der Waals surface area contributed by atoms with Gasteiger partial charge in [0.15, 0.2) is 10.9 Å². The molecular weight excluding hydrogens is 362 g/mol. The summed E-state index contributed by atoms with van der Waals surface area (Å²) in [4.78, 5) is 17.2. The number of carbonyl (C=O) groups is 1. The number of aromatic nitrogens is 3. The normalized spacial score (nSPS) is 10.4. The highest BCUT2D eigenvalue weighted by Gasteiger charge is 2.15. The Kier molecular flexibility index (Phi) is 5.09. The van der Waals surface area contributed by atoms with Crippen LogP contribution in [-0.2, 0) is 0 Å². The lowest BCUT2D eigenvalue weighted by atomic mass is 10.1. The van der Waals surface area contributed by atoms with Crippen molar-refractivity contribution in [1.29, 1.82) is 0 Å². The van der Waals surface area contributed by atoms with Gasteiger partial charge in [0, 0.05) is 17.8 Å². The summed E-state index contributed by atoms with van der Waals surface area (Å²) in [6, 6.07) is 5.16. The number of aromatic hydroxyl groups is 1. The van der Waals surface area contributed by atoms with E-state index < -0.39 is 0 Å². The van der Waals surface area contributed by atoms with Crippen LogP contribution in [0.2, 0.25) is 0 Å². The zero-order valence-corrected chi connectivity index (χ0v) is 15.8. The number of thiazole rings is 1. The third-order valence-corrected chi connectivity index (χ3v) is 4.91. The number of nitrogens with one attached hydrogen (secondary N) is 2. The maximum absolute atomic E-state index is 12.6. The molecule has 0 fully saturated rings. The first kappa shape index (κ1) is 18.4. The van der Waals surface area contributed by atoms with Gasteiger partial charge >= 0.3 is 0 Å². The fourth-order valence-corrected chi connectivity index (χ4v) is 3.24. The second-order valence-electron chi connectivity index (χ2n) is 5.80. The lowest BCUT2D eigenvalue weighted by molar-refractivity contribution is 0.103. The maximum atomic E-state index is 12.6. The van der Waals surface area contributed by atoms with Gasteiger partial charge < -0.3 is 15.7 Å². The molecule has 8 heteroatoms. The molecule has 3 rings (SSSR count). The van der Waals surface area contributed by atoms with Crippen LogP contribution in [0.4, 0.5) is 16.6 Å². The molecule has 0 aliphatic heterocycles. The minimum atomic E-state index is -0.291. The van der Waals surface area contributed by atoms with E-state index in [1.165, 1.54) is 17.5 Å². The first-order valence-corrected chi connectivity index (χ1v) is 8.92. The van der Waals surface area contributed by atoms with Gasteiger partial charge in [0.1, 0.15) is 10.6 Å². The van der Waals surface area contributed by atoms with Crippen LogP contribution in [0, 0.1) is 13.8 Å². The molecule has 0 radical (unpaired) electrons. The van der Waals surface area contributed by atoms with E-state index in [4.69, 9.17) is 0 Å². The van der Waals surface area contributed by atoms with E-state index >= 15 is 0 Å². The Morgan fingerprint density at radius 2 is 2.11 bits per heavy atom. The van der Waals surface area contributed by atoms with Crippen LogP contribution < -0.4 is 10.6 Å². The largest absolute Gasteiger partial charge is 0.508 e. The number of benzene rings is 1. The smallest absolute Gasteiger partial charge is 0.267 e. The Morgan fingerprint density at radius 3 is 2.78 bits per heavy atom. The summed E-state index contributed by atoms with van der Waals surface area (Å²) in [7, 11) is 0. The summed E-state index contributed by atoms with van der Waals surface area (Å²) in [5.41, 5.74) is 2.88. The lowest BCUT2D eigenvalue weighted by Gasteiger charge is -2.11. The zero-order valence-electron chi connectivity index (χ0n) is 15.0. The maximum Gasteiger partial charge on any atom is 0.267 e. The topological polar surface area (TPSA) is 92.1 Å². The Morgan fingerprint density at radius 1 is 1.33 bits per heavy atom. The van der Waals surface area contributed by atoms with Crippen molar-refractivity contribution in [2.45, 2.75) is 13.8 Å². The molecule has 0 saturated heterocycles. The third-order valence-electron chi connectivity index (χ3n) is 3.99. The summed E-state index contributed by atoms with van der Waals surface area (Å²) in [5.74, 6) is 0.421. The number of amides is 1. The van der Waals surface area contributed by atoms with E-state index in [9.17, 15) is 9.90 Å². The van der Waals surface area contributed by atoms with Gasteiger partial charge in [-0.15, -0.1) is 0 Å². The molecule has 138 valence electrons. The van der Waals surface area contributed by atoms with Crippen LogP contribution in [0.3, 0.4) is 0 Å². The molecule has 0 unspecified atom stereocenters. The molecule has 2 heterocycles. The lowest BCUT2D eigenvalue weighted by Crippen LogP contribution is -2.12.